The van der Waals surface area contributed by atoms with Crippen LogP contribution in [0.3, 0.4) is 0 Å². The maximum atomic E-state index is 14.1. The Morgan fingerprint density at radius 2 is 1.94 bits per heavy atom. The van der Waals surface area contributed by atoms with Gasteiger partial charge in [0.15, 0.2) is 0 Å². The number of benzene rings is 3. The first kappa shape index (κ1) is 24.7. The van der Waals surface area contributed by atoms with Crippen LogP contribution in [-0.2, 0) is 6.54 Å². The first-order valence-electron chi connectivity index (χ1n) is 11.2. The number of halogens is 2. The molecule has 5 rings (SSSR count). The van der Waals surface area contributed by atoms with Gasteiger partial charge in [-0.25, -0.2) is 9.37 Å². The fraction of sp³-hybridized carbons (Fsp3) is 0.185. The normalized spacial score (nSPS) is 13.3. The lowest BCUT2D eigenvalue weighted by molar-refractivity contribution is 0.0816. The van der Waals surface area contributed by atoms with Gasteiger partial charge < -0.3 is 23.9 Å². The molecule has 1 aliphatic rings. The molecule has 0 spiro atoms. The summed E-state index contributed by atoms with van der Waals surface area (Å²) in [5.74, 6) is 0.882. The quantitative estimate of drug-likeness (QED) is 0.346. The molecule has 186 valence electrons. The van der Waals surface area contributed by atoms with Gasteiger partial charge in [0.2, 0.25) is 5.89 Å². The standard InChI is InChI=1S/C20H19FN2O4.C7H5FO/c1-3-26-18-7-5-4-6-16(18)19(24)22-11-13-12-27-20(23-13)15-9-8-14(25-2)10-17(15)21;8-7-5-2-1-3-6(4-5)9-7/h4-10,12H,3,11H2,1-2H3,(H,22,24);1-4,7H. The van der Waals surface area contributed by atoms with E-state index >= 15 is 0 Å². The highest BCUT2D eigenvalue weighted by Gasteiger charge is 2.18. The fourth-order valence-electron chi connectivity index (χ4n) is 3.43. The minimum atomic E-state index is -1.23. The lowest BCUT2D eigenvalue weighted by Crippen LogP contribution is -2.23. The van der Waals surface area contributed by atoms with E-state index in [-0.39, 0.29) is 23.9 Å². The van der Waals surface area contributed by atoms with Crippen LogP contribution in [-0.4, -0.2) is 24.6 Å². The number of hydrogen-bond donors (Lipinski definition) is 1. The molecule has 1 aromatic heterocycles. The Morgan fingerprint density at radius 3 is 2.67 bits per heavy atom. The molecule has 0 fully saturated rings. The second kappa shape index (κ2) is 11.4. The number of rotatable bonds is 7. The molecule has 7 nitrogen and oxygen atoms in total. The number of alkyl halides is 1. The molecule has 2 heterocycles. The molecule has 1 amide bonds. The van der Waals surface area contributed by atoms with Crippen LogP contribution >= 0.6 is 0 Å². The van der Waals surface area contributed by atoms with Gasteiger partial charge in [-0.3, -0.25) is 4.79 Å². The molecule has 1 atom stereocenters. The summed E-state index contributed by atoms with van der Waals surface area (Å²) < 4.78 is 47.1. The van der Waals surface area contributed by atoms with Gasteiger partial charge in [0.1, 0.15) is 29.3 Å². The summed E-state index contributed by atoms with van der Waals surface area (Å²) in [6, 6.07) is 18.3. The Kier molecular flexibility index (Phi) is 7.79. The first-order chi connectivity index (χ1) is 17.5. The number of fused-ring (bicyclic) bond motifs is 2. The predicted octanol–water partition coefficient (Wildman–Crippen LogP) is 5.87. The van der Waals surface area contributed by atoms with E-state index in [4.69, 9.17) is 18.6 Å². The number of nitrogens with one attached hydrogen (secondary N) is 1. The highest BCUT2D eigenvalue weighted by Crippen LogP contribution is 2.31. The van der Waals surface area contributed by atoms with Crippen molar-refractivity contribution in [2.24, 2.45) is 0 Å². The molecule has 36 heavy (non-hydrogen) atoms. The summed E-state index contributed by atoms with van der Waals surface area (Å²) in [4.78, 5) is 16.6. The van der Waals surface area contributed by atoms with E-state index in [1.54, 1.807) is 54.6 Å². The Morgan fingerprint density at radius 1 is 1.11 bits per heavy atom. The molecule has 0 radical (unpaired) electrons. The van der Waals surface area contributed by atoms with E-state index in [0.717, 1.165) is 0 Å². The van der Waals surface area contributed by atoms with Crippen molar-refractivity contribution in [1.82, 2.24) is 10.3 Å². The number of oxazole rings is 1. The molecule has 1 aliphatic heterocycles. The Labute approximate surface area is 206 Å². The molecule has 0 saturated heterocycles. The molecule has 1 unspecified atom stereocenters. The van der Waals surface area contributed by atoms with Crippen LogP contribution in [0.4, 0.5) is 8.78 Å². The molecule has 0 saturated carbocycles. The van der Waals surface area contributed by atoms with Gasteiger partial charge in [-0.1, -0.05) is 24.3 Å². The van der Waals surface area contributed by atoms with Gasteiger partial charge in [-0.2, -0.15) is 4.39 Å². The van der Waals surface area contributed by atoms with Crippen LogP contribution in [0.2, 0.25) is 0 Å². The van der Waals surface area contributed by atoms with Crippen molar-refractivity contribution in [2.75, 3.05) is 13.7 Å². The maximum Gasteiger partial charge on any atom is 0.264 e. The number of ether oxygens (including phenoxy) is 3. The molecule has 1 N–H and O–H groups in total. The lowest BCUT2D eigenvalue weighted by Gasteiger charge is -2.09. The zero-order valence-corrected chi connectivity index (χ0v) is 19.7. The monoisotopic (exact) mass is 494 g/mol. The zero-order chi connectivity index (χ0) is 25.5. The van der Waals surface area contributed by atoms with Gasteiger partial charge in [-0.05, 0) is 43.3 Å². The number of aromatic nitrogens is 1. The molecule has 4 aromatic rings. The number of methoxy groups -OCH3 is 1. The third-order valence-corrected chi connectivity index (χ3v) is 5.18. The molecular formula is C27H24F2N2O5. The van der Waals surface area contributed by atoms with E-state index in [1.165, 1.54) is 25.5 Å². The maximum absolute atomic E-state index is 14.1. The molecule has 0 aliphatic carbocycles. The van der Waals surface area contributed by atoms with Crippen molar-refractivity contribution in [3.63, 3.8) is 0 Å². The second-order valence-corrected chi connectivity index (χ2v) is 7.61. The highest BCUT2D eigenvalue weighted by molar-refractivity contribution is 5.96. The summed E-state index contributed by atoms with van der Waals surface area (Å²) in [5.41, 5.74) is 1.74. The first-order valence-corrected chi connectivity index (χ1v) is 11.2. The molecule has 2 bridgehead atoms. The van der Waals surface area contributed by atoms with Gasteiger partial charge >= 0.3 is 0 Å². The summed E-state index contributed by atoms with van der Waals surface area (Å²) in [6.07, 6.45) is 0.156. The molecular weight excluding hydrogens is 470 g/mol. The zero-order valence-electron chi connectivity index (χ0n) is 19.7. The van der Waals surface area contributed by atoms with E-state index in [2.05, 4.69) is 10.3 Å². The number of nitrogens with zero attached hydrogens (tertiary/aromatic N) is 1. The number of carbonyl (C=O) groups is 1. The minimum absolute atomic E-state index is 0.133. The summed E-state index contributed by atoms with van der Waals surface area (Å²) >= 11 is 0. The van der Waals surface area contributed by atoms with E-state index in [9.17, 15) is 13.6 Å². The lowest BCUT2D eigenvalue weighted by atomic mass is 10.2. The summed E-state index contributed by atoms with van der Waals surface area (Å²) in [5, 5.41) is 2.76. The average Bonchev–Trinajstić information content (AvgIpc) is 3.46. The van der Waals surface area contributed by atoms with Crippen molar-refractivity contribution in [3.8, 4) is 28.7 Å². The smallest absolute Gasteiger partial charge is 0.264 e. The summed E-state index contributed by atoms with van der Waals surface area (Å²) in [6.45, 7) is 2.45. The topological polar surface area (TPSA) is 82.8 Å². The highest BCUT2D eigenvalue weighted by atomic mass is 19.1. The summed E-state index contributed by atoms with van der Waals surface area (Å²) in [7, 11) is 1.46. The van der Waals surface area contributed by atoms with Crippen molar-refractivity contribution in [1.29, 1.82) is 0 Å². The van der Waals surface area contributed by atoms with Gasteiger partial charge in [0.25, 0.3) is 12.3 Å². The SMILES string of the molecule is CCOc1ccccc1C(=O)NCc1coc(-c2ccc(OC)cc2F)n1.FC1Oc2cccc1c2. The molecule has 3 aromatic carbocycles. The second-order valence-electron chi connectivity index (χ2n) is 7.61. The fourth-order valence-corrected chi connectivity index (χ4v) is 3.43. The van der Waals surface area contributed by atoms with Crippen molar-refractivity contribution in [3.05, 3.63) is 95.6 Å². The molecule has 9 heteroatoms. The number of amides is 1. The Balaban J connectivity index is 0.000000280. The van der Waals surface area contributed by atoms with Crippen LogP contribution < -0.4 is 19.5 Å². The van der Waals surface area contributed by atoms with Crippen LogP contribution in [0.5, 0.6) is 17.2 Å². The minimum Gasteiger partial charge on any atom is -0.497 e. The third-order valence-electron chi connectivity index (χ3n) is 5.18. The number of carbonyl (C=O) groups excluding carboxylic acids is 1. The van der Waals surface area contributed by atoms with Gasteiger partial charge in [0, 0.05) is 11.6 Å². The Bertz CT molecular complexity index is 1340. The van der Waals surface area contributed by atoms with Gasteiger partial charge in [-0.15, -0.1) is 0 Å². The van der Waals surface area contributed by atoms with Crippen LogP contribution in [0, 0.1) is 5.82 Å². The van der Waals surface area contributed by atoms with Crippen molar-refractivity contribution < 1.29 is 32.2 Å². The van der Waals surface area contributed by atoms with Crippen LogP contribution in [0.15, 0.2) is 77.4 Å². The largest absolute Gasteiger partial charge is 0.497 e. The van der Waals surface area contributed by atoms with E-state index < -0.39 is 12.2 Å². The number of hydrogen-bond acceptors (Lipinski definition) is 6. The number of para-hydroxylation sites is 1. The van der Waals surface area contributed by atoms with Crippen molar-refractivity contribution in [2.45, 2.75) is 19.8 Å². The van der Waals surface area contributed by atoms with Crippen LogP contribution in [0.1, 0.15) is 34.9 Å². The van der Waals surface area contributed by atoms with Gasteiger partial charge in [0.05, 0.1) is 37.1 Å². The average molecular weight is 494 g/mol. The van der Waals surface area contributed by atoms with E-state index in [0.29, 0.717) is 40.7 Å². The Hall–Kier alpha value is -4.40. The third kappa shape index (κ3) is 5.80. The predicted molar refractivity (Wildman–Crippen MR) is 128 cm³/mol. The van der Waals surface area contributed by atoms with Crippen LogP contribution in [0.25, 0.3) is 11.5 Å². The van der Waals surface area contributed by atoms with Crippen molar-refractivity contribution >= 4 is 5.91 Å². The van der Waals surface area contributed by atoms with E-state index in [1.807, 2.05) is 6.92 Å².